The minimum absolute atomic E-state index is 0.514. The third-order valence-electron chi connectivity index (χ3n) is 2.56. The first-order valence-corrected chi connectivity index (χ1v) is 6.68. The molecule has 0 amide bonds. The van der Waals surface area contributed by atoms with Gasteiger partial charge in [0.05, 0.1) is 13.3 Å². The maximum Gasteiger partial charge on any atom is 0.124 e. The number of benzene rings is 1. The molecule has 1 aromatic heterocycles. The summed E-state index contributed by atoms with van der Waals surface area (Å²) in [7, 11) is 3.55. The first-order chi connectivity index (χ1) is 8.72. The van der Waals surface area contributed by atoms with Crippen molar-refractivity contribution < 1.29 is 9.47 Å². The van der Waals surface area contributed by atoms with Gasteiger partial charge in [0.2, 0.25) is 0 Å². The van der Waals surface area contributed by atoms with E-state index in [0.29, 0.717) is 6.61 Å². The lowest BCUT2D eigenvalue weighted by atomic mass is 10.2. The van der Waals surface area contributed by atoms with Gasteiger partial charge in [0.1, 0.15) is 18.1 Å². The van der Waals surface area contributed by atoms with E-state index in [-0.39, 0.29) is 0 Å². The van der Waals surface area contributed by atoms with Gasteiger partial charge >= 0.3 is 0 Å². The Hall–Kier alpha value is -1.49. The second kappa shape index (κ2) is 5.91. The van der Waals surface area contributed by atoms with Crippen molar-refractivity contribution in [3.63, 3.8) is 0 Å². The summed E-state index contributed by atoms with van der Waals surface area (Å²) in [6, 6.07) is 5.78. The van der Waals surface area contributed by atoms with Crippen molar-refractivity contribution in [3.8, 4) is 11.5 Å². The molecular formula is C13H15BrN2O2. The predicted octanol–water partition coefficient (Wildman–Crippen LogP) is 2.90. The maximum atomic E-state index is 5.79. The molecule has 96 valence electrons. The standard InChI is InChI=1S/C13H15BrN2O2/c1-16-8-10(7-15-16)9-18-13-4-3-12(17-2)5-11(13)6-14/h3-5,7-8H,6,9H2,1-2H3. The van der Waals surface area contributed by atoms with Crippen LogP contribution in [-0.4, -0.2) is 16.9 Å². The number of methoxy groups -OCH3 is 1. The van der Waals surface area contributed by atoms with E-state index in [0.717, 1.165) is 28.0 Å². The molecule has 0 radical (unpaired) electrons. The molecule has 0 atom stereocenters. The molecule has 0 saturated heterocycles. The molecule has 0 fully saturated rings. The number of aryl methyl sites for hydroxylation is 1. The second-order valence-electron chi connectivity index (χ2n) is 3.92. The topological polar surface area (TPSA) is 36.3 Å². The zero-order valence-corrected chi connectivity index (χ0v) is 12.0. The molecule has 0 aliphatic rings. The Kier molecular flexibility index (Phi) is 4.25. The van der Waals surface area contributed by atoms with Crippen molar-refractivity contribution in [1.29, 1.82) is 0 Å². The van der Waals surface area contributed by atoms with E-state index in [2.05, 4.69) is 21.0 Å². The summed E-state index contributed by atoms with van der Waals surface area (Å²) in [6.07, 6.45) is 3.74. The zero-order chi connectivity index (χ0) is 13.0. The Morgan fingerprint density at radius 2 is 2.22 bits per heavy atom. The van der Waals surface area contributed by atoms with Crippen LogP contribution in [0.2, 0.25) is 0 Å². The predicted molar refractivity (Wildman–Crippen MR) is 73.2 cm³/mol. The van der Waals surface area contributed by atoms with Gasteiger partial charge in [-0.2, -0.15) is 5.10 Å². The number of hydrogen-bond acceptors (Lipinski definition) is 3. The summed E-state index contributed by atoms with van der Waals surface area (Å²) in [5.74, 6) is 1.69. The largest absolute Gasteiger partial charge is 0.497 e. The van der Waals surface area contributed by atoms with Crippen LogP contribution >= 0.6 is 15.9 Å². The lowest BCUT2D eigenvalue weighted by molar-refractivity contribution is 0.303. The lowest BCUT2D eigenvalue weighted by Crippen LogP contribution is -1.97. The normalized spacial score (nSPS) is 10.4. The van der Waals surface area contributed by atoms with Crippen LogP contribution in [0.3, 0.4) is 0 Å². The Morgan fingerprint density at radius 3 is 2.83 bits per heavy atom. The van der Waals surface area contributed by atoms with Gasteiger partial charge in [-0.05, 0) is 18.2 Å². The molecule has 0 spiro atoms. The first kappa shape index (κ1) is 13.0. The van der Waals surface area contributed by atoms with Crippen LogP contribution in [0.25, 0.3) is 0 Å². The van der Waals surface area contributed by atoms with Crippen LogP contribution in [0, 0.1) is 0 Å². The zero-order valence-electron chi connectivity index (χ0n) is 10.4. The van der Waals surface area contributed by atoms with E-state index in [4.69, 9.17) is 9.47 Å². The number of hydrogen-bond donors (Lipinski definition) is 0. The molecular weight excluding hydrogens is 296 g/mol. The number of nitrogens with zero attached hydrogens (tertiary/aromatic N) is 2. The van der Waals surface area contributed by atoms with Gasteiger partial charge < -0.3 is 9.47 Å². The first-order valence-electron chi connectivity index (χ1n) is 5.56. The number of aromatic nitrogens is 2. The molecule has 18 heavy (non-hydrogen) atoms. The fraction of sp³-hybridized carbons (Fsp3) is 0.308. The van der Waals surface area contributed by atoms with Crippen molar-refractivity contribution in [1.82, 2.24) is 9.78 Å². The van der Waals surface area contributed by atoms with Gasteiger partial charge in [-0.1, -0.05) is 15.9 Å². The highest BCUT2D eigenvalue weighted by atomic mass is 79.9. The van der Waals surface area contributed by atoms with Crippen molar-refractivity contribution in [2.24, 2.45) is 7.05 Å². The number of halogens is 1. The second-order valence-corrected chi connectivity index (χ2v) is 4.48. The summed E-state index contributed by atoms with van der Waals surface area (Å²) in [5, 5.41) is 4.84. The van der Waals surface area contributed by atoms with E-state index < -0.39 is 0 Å². The van der Waals surface area contributed by atoms with Crippen LogP contribution in [-0.2, 0) is 19.0 Å². The summed E-state index contributed by atoms with van der Waals surface area (Å²) in [4.78, 5) is 0. The summed E-state index contributed by atoms with van der Waals surface area (Å²) in [5.41, 5.74) is 2.12. The van der Waals surface area contributed by atoms with E-state index >= 15 is 0 Å². The molecule has 1 heterocycles. The molecule has 5 heteroatoms. The highest BCUT2D eigenvalue weighted by Gasteiger charge is 2.05. The van der Waals surface area contributed by atoms with Crippen molar-refractivity contribution in [2.45, 2.75) is 11.9 Å². The van der Waals surface area contributed by atoms with Gasteiger partial charge in [0.25, 0.3) is 0 Å². The molecule has 0 aliphatic heterocycles. The monoisotopic (exact) mass is 310 g/mol. The third kappa shape index (κ3) is 3.04. The van der Waals surface area contributed by atoms with Crippen LogP contribution in [0.4, 0.5) is 0 Å². The van der Waals surface area contributed by atoms with Crippen molar-refractivity contribution in [2.75, 3.05) is 7.11 Å². The Balaban J connectivity index is 2.08. The van der Waals surface area contributed by atoms with Gasteiger partial charge in [0, 0.05) is 29.7 Å². The molecule has 2 rings (SSSR count). The molecule has 0 aliphatic carbocycles. The summed E-state index contributed by atoms with van der Waals surface area (Å²) < 4.78 is 12.7. The van der Waals surface area contributed by atoms with E-state index in [1.165, 1.54) is 0 Å². The van der Waals surface area contributed by atoms with Crippen LogP contribution in [0.15, 0.2) is 30.6 Å². The fourth-order valence-electron chi connectivity index (χ4n) is 1.64. The lowest BCUT2D eigenvalue weighted by Gasteiger charge is -2.10. The van der Waals surface area contributed by atoms with Gasteiger partial charge in [0.15, 0.2) is 0 Å². The number of ether oxygens (including phenoxy) is 2. The molecule has 0 N–H and O–H groups in total. The maximum absolute atomic E-state index is 5.79. The van der Waals surface area contributed by atoms with Crippen LogP contribution in [0.1, 0.15) is 11.1 Å². The van der Waals surface area contributed by atoms with Crippen molar-refractivity contribution >= 4 is 15.9 Å². The smallest absolute Gasteiger partial charge is 0.124 e. The van der Waals surface area contributed by atoms with Crippen LogP contribution < -0.4 is 9.47 Å². The molecule has 0 saturated carbocycles. The van der Waals surface area contributed by atoms with E-state index in [1.54, 1.807) is 18.0 Å². The van der Waals surface area contributed by atoms with Gasteiger partial charge in [-0.15, -0.1) is 0 Å². The average molecular weight is 311 g/mol. The quantitative estimate of drug-likeness (QED) is 0.797. The molecule has 0 unspecified atom stereocenters. The molecule has 4 nitrogen and oxygen atoms in total. The Morgan fingerprint density at radius 1 is 1.39 bits per heavy atom. The third-order valence-corrected chi connectivity index (χ3v) is 3.17. The molecule has 2 aromatic rings. The highest BCUT2D eigenvalue weighted by Crippen LogP contribution is 2.26. The summed E-state index contributed by atoms with van der Waals surface area (Å²) in [6.45, 7) is 0.514. The SMILES string of the molecule is COc1ccc(OCc2cnn(C)c2)c(CBr)c1. The highest BCUT2D eigenvalue weighted by molar-refractivity contribution is 9.08. The minimum Gasteiger partial charge on any atom is -0.497 e. The average Bonchev–Trinajstić information content (AvgIpc) is 2.82. The van der Waals surface area contributed by atoms with Crippen LogP contribution in [0.5, 0.6) is 11.5 Å². The van der Waals surface area contributed by atoms with Crippen molar-refractivity contribution in [3.05, 3.63) is 41.7 Å². The van der Waals surface area contributed by atoms with Gasteiger partial charge in [-0.3, -0.25) is 4.68 Å². The van der Waals surface area contributed by atoms with Gasteiger partial charge in [-0.25, -0.2) is 0 Å². The Bertz CT molecular complexity index is 525. The fourth-order valence-corrected chi connectivity index (χ4v) is 2.07. The Labute approximate surface area is 115 Å². The number of rotatable bonds is 5. The summed E-state index contributed by atoms with van der Waals surface area (Å²) >= 11 is 3.45. The molecule has 0 bridgehead atoms. The number of alkyl halides is 1. The molecule has 1 aromatic carbocycles. The van der Waals surface area contributed by atoms with E-state index in [1.807, 2.05) is 31.4 Å². The van der Waals surface area contributed by atoms with E-state index in [9.17, 15) is 0 Å². The minimum atomic E-state index is 0.514.